The van der Waals surface area contributed by atoms with Crippen LogP contribution in [0, 0.1) is 6.92 Å². The standard InChI is InChI=1S/C20H30N6O2/c1-4-21-20(22-11-7-10-19-23-16(2)24-28-19)26-14-12-25(13-15-26)17-8-5-6-9-18(17)27-3/h5-6,8-9H,4,7,10-15H2,1-3H3,(H,21,22). The number of benzene rings is 1. The second-order valence-corrected chi connectivity index (χ2v) is 6.72. The van der Waals surface area contributed by atoms with Crippen molar-refractivity contribution in [2.24, 2.45) is 4.99 Å². The van der Waals surface area contributed by atoms with E-state index in [9.17, 15) is 0 Å². The van der Waals surface area contributed by atoms with Gasteiger partial charge in [0.2, 0.25) is 5.89 Å². The Labute approximate surface area is 166 Å². The van der Waals surface area contributed by atoms with Crippen molar-refractivity contribution in [2.45, 2.75) is 26.7 Å². The molecule has 8 heteroatoms. The Hall–Kier alpha value is -2.77. The molecular formula is C20H30N6O2. The number of anilines is 1. The van der Waals surface area contributed by atoms with E-state index in [4.69, 9.17) is 14.3 Å². The zero-order chi connectivity index (χ0) is 19.8. The third-order valence-electron chi connectivity index (χ3n) is 4.72. The van der Waals surface area contributed by atoms with Gasteiger partial charge in [-0.05, 0) is 32.4 Å². The van der Waals surface area contributed by atoms with E-state index in [1.54, 1.807) is 7.11 Å². The molecule has 8 nitrogen and oxygen atoms in total. The van der Waals surface area contributed by atoms with Crippen LogP contribution in [0.1, 0.15) is 25.1 Å². The van der Waals surface area contributed by atoms with E-state index in [-0.39, 0.29) is 0 Å². The Morgan fingerprint density at radius 2 is 2.04 bits per heavy atom. The zero-order valence-electron chi connectivity index (χ0n) is 17.0. The van der Waals surface area contributed by atoms with Gasteiger partial charge in [-0.15, -0.1) is 0 Å². The van der Waals surface area contributed by atoms with Gasteiger partial charge in [0.25, 0.3) is 0 Å². The maximum atomic E-state index is 5.51. The van der Waals surface area contributed by atoms with E-state index in [0.29, 0.717) is 11.7 Å². The van der Waals surface area contributed by atoms with Crippen molar-refractivity contribution in [1.82, 2.24) is 20.4 Å². The molecule has 0 bridgehead atoms. The topological polar surface area (TPSA) is 79.0 Å². The maximum Gasteiger partial charge on any atom is 0.226 e. The van der Waals surface area contributed by atoms with Gasteiger partial charge in [0.15, 0.2) is 11.8 Å². The highest BCUT2D eigenvalue weighted by atomic mass is 16.5. The van der Waals surface area contributed by atoms with Crippen molar-refractivity contribution in [3.05, 3.63) is 36.0 Å². The molecule has 0 atom stereocenters. The molecule has 0 spiro atoms. The van der Waals surface area contributed by atoms with E-state index in [2.05, 4.69) is 44.3 Å². The lowest BCUT2D eigenvalue weighted by Gasteiger charge is -2.38. The molecule has 2 aromatic rings. The summed E-state index contributed by atoms with van der Waals surface area (Å²) in [6.07, 6.45) is 1.64. The van der Waals surface area contributed by atoms with Crippen LogP contribution in [0.2, 0.25) is 0 Å². The first-order valence-corrected chi connectivity index (χ1v) is 9.91. The third-order valence-corrected chi connectivity index (χ3v) is 4.72. The van der Waals surface area contributed by atoms with Crippen LogP contribution in [0.25, 0.3) is 0 Å². The molecule has 2 heterocycles. The number of hydrogen-bond acceptors (Lipinski definition) is 6. The second kappa shape index (κ2) is 9.96. The van der Waals surface area contributed by atoms with Crippen molar-refractivity contribution >= 4 is 11.6 Å². The molecule has 0 radical (unpaired) electrons. The Balaban J connectivity index is 1.53. The summed E-state index contributed by atoms with van der Waals surface area (Å²) in [4.78, 5) is 13.7. The van der Waals surface area contributed by atoms with Crippen LogP contribution >= 0.6 is 0 Å². The Kier molecular flexibility index (Phi) is 7.11. The summed E-state index contributed by atoms with van der Waals surface area (Å²) in [6.45, 7) is 9.24. The minimum atomic E-state index is 0.680. The van der Waals surface area contributed by atoms with Gasteiger partial charge in [-0.2, -0.15) is 4.98 Å². The first kappa shape index (κ1) is 20.0. The number of aromatic nitrogens is 2. The second-order valence-electron chi connectivity index (χ2n) is 6.72. The molecule has 0 unspecified atom stereocenters. The molecular weight excluding hydrogens is 356 g/mol. The summed E-state index contributed by atoms with van der Waals surface area (Å²) >= 11 is 0. The molecule has 28 heavy (non-hydrogen) atoms. The summed E-state index contributed by atoms with van der Waals surface area (Å²) in [7, 11) is 1.72. The summed E-state index contributed by atoms with van der Waals surface area (Å²) in [5.74, 6) is 3.26. The Morgan fingerprint density at radius 1 is 1.25 bits per heavy atom. The van der Waals surface area contributed by atoms with Crippen LogP contribution in [0.15, 0.2) is 33.8 Å². The lowest BCUT2D eigenvalue weighted by Crippen LogP contribution is -2.52. The van der Waals surface area contributed by atoms with E-state index < -0.39 is 0 Å². The van der Waals surface area contributed by atoms with E-state index in [1.807, 2.05) is 19.1 Å². The molecule has 1 aromatic heterocycles. The quantitative estimate of drug-likeness (QED) is 0.443. The van der Waals surface area contributed by atoms with Crippen LogP contribution in [-0.2, 0) is 6.42 Å². The van der Waals surface area contributed by atoms with Gasteiger partial charge >= 0.3 is 0 Å². The molecule has 0 aliphatic carbocycles. The highest BCUT2D eigenvalue weighted by Gasteiger charge is 2.21. The minimum Gasteiger partial charge on any atom is -0.495 e. The van der Waals surface area contributed by atoms with Crippen molar-refractivity contribution in [1.29, 1.82) is 0 Å². The Bertz CT molecular complexity index is 768. The highest BCUT2D eigenvalue weighted by molar-refractivity contribution is 5.80. The number of aryl methyl sites for hydroxylation is 2. The van der Waals surface area contributed by atoms with Gasteiger partial charge in [-0.1, -0.05) is 17.3 Å². The number of guanidine groups is 1. The number of hydrogen-bond donors (Lipinski definition) is 1. The smallest absolute Gasteiger partial charge is 0.226 e. The first-order valence-electron chi connectivity index (χ1n) is 9.91. The van der Waals surface area contributed by atoms with Gasteiger partial charge in [-0.3, -0.25) is 4.99 Å². The molecule has 1 fully saturated rings. The maximum absolute atomic E-state index is 5.51. The fourth-order valence-corrected chi connectivity index (χ4v) is 3.33. The SMILES string of the molecule is CCNC(=NCCCc1nc(C)no1)N1CCN(c2ccccc2OC)CC1. The number of para-hydroxylation sites is 2. The average Bonchev–Trinajstić information content (AvgIpc) is 3.15. The monoisotopic (exact) mass is 386 g/mol. The summed E-state index contributed by atoms with van der Waals surface area (Å²) in [5.41, 5.74) is 1.15. The third kappa shape index (κ3) is 5.15. The van der Waals surface area contributed by atoms with Gasteiger partial charge < -0.3 is 24.4 Å². The molecule has 0 amide bonds. The van der Waals surface area contributed by atoms with Gasteiger partial charge in [0, 0.05) is 45.7 Å². The van der Waals surface area contributed by atoms with Crippen molar-refractivity contribution in [3.63, 3.8) is 0 Å². The summed E-state index contributed by atoms with van der Waals surface area (Å²) < 4.78 is 10.7. The van der Waals surface area contributed by atoms with E-state index in [1.165, 1.54) is 0 Å². The predicted octanol–water partition coefficient (Wildman–Crippen LogP) is 2.11. The lowest BCUT2D eigenvalue weighted by molar-refractivity contribution is 0.365. The number of piperazine rings is 1. The van der Waals surface area contributed by atoms with Gasteiger partial charge in [0.05, 0.1) is 12.8 Å². The molecule has 3 rings (SSSR count). The largest absolute Gasteiger partial charge is 0.495 e. The summed E-state index contributed by atoms with van der Waals surface area (Å²) in [5, 5.41) is 7.24. The van der Waals surface area contributed by atoms with Crippen LogP contribution in [0.3, 0.4) is 0 Å². The molecule has 0 saturated carbocycles. The molecule has 1 aromatic carbocycles. The molecule has 1 N–H and O–H groups in total. The highest BCUT2D eigenvalue weighted by Crippen LogP contribution is 2.28. The van der Waals surface area contributed by atoms with Crippen LogP contribution in [-0.4, -0.2) is 67.4 Å². The van der Waals surface area contributed by atoms with Crippen molar-refractivity contribution in [3.8, 4) is 5.75 Å². The molecule has 1 aliphatic rings. The van der Waals surface area contributed by atoms with E-state index >= 15 is 0 Å². The number of aliphatic imine (C=N–C) groups is 1. The van der Waals surface area contributed by atoms with Crippen LogP contribution < -0.4 is 15.0 Å². The number of nitrogens with one attached hydrogen (secondary N) is 1. The van der Waals surface area contributed by atoms with Crippen molar-refractivity contribution < 1.29 is 9.26 Å². The summed E-state index contributed by atoms with van der Waals surface area (Å²) in [6, 6.07) is 8.19. The average molecular weight is 387 g/mol. The molecule has 1 aliphatic heterocycles. The van der Waals surface area contributed by atoms with E-state index in [0.717, 1.165) is 69.5 Å². The predicted molar refractivity (Wildman–Crippen MR) is 110 cm³/mol. The van der Waals surface area contributed by atoms with Gasteiger partial charge in [0.1, 0.15) is 5.75 Å². The van der Waals surface area contributed by atoms with Gasteiger partial charge in [-0.25, -0.2) is 0 Å². The first-order chi connectivity index (χ1) is 13.7. The fourth-order valence-electron chi connectivity index (χ4n) is 3.33. The number of methoxy groups -OCH3 is 1. The number of nitrogens with zero attached hydrogens (tertiary/aromatic N) is 5. The Morgan fingerprint density at radius 3 is 2.71 bits per heavy atom. The fraction of sp³-hybridized carbons (Fsp3) is 0.550. The normalized spacial score (nSPS) is 15.0. The molecule has 152 valence electrons. The number of ether oxygens (including phenoxy) is 1. The van der Waals surface area contributed by atoms with Crippen LogP contribution in [0.4, 0.5) is 5.69 Å². The lowest BCUT2D eigenvalue weighted by atomic mass is 10.2. The minimum absolute atomic E-state index is 0.680. The zero-order valence-corrected chi connectivity index (χ0v) is 17.0. The molecule has 1 saturated heterocycles. The number of rotatable bonds is 7. The van der Waals surface area contributed by atoms with Crippen molar-refractivity contribution in [2.75, 3.05) is 51.3 Å². The van der Waals surface area contributed by atoms with Crippen LogP contribution in [0.5, 0.6) is 5.75 Å².